The van der Waals surface area contributed by atoms with Crippen LogP contribution in [-0.4, -0.2) is 25.8 Å². The lowest BCUT2D eigenvalue weighted by atomic mass is 10.1. The summed E-state index contributed by atoms with van der Waals surface area (Å²) in [5.41, 5.74) is 1.39. The van der Waals surface area contributed by atoms with E-state index >= 15 is 0 Å². The van der Waals surface area contributed by atoms with Crippen molar-refractivity contribution in [2.24, 2.45) is 0 Å². The van der Waals surface area contributed by atoms with Gasteiger partial charge in [-0.1, -0.05) is 12.1 Å². The molecule has 0 amide bonds. The molecule has 0 bridgehead atoms. The van der Waals surface area contributed by atoms with Crippen molar-refractivity contribution in [3.05, 3.63) is 78.4 Å². The van der Waals surface area contributed by atoms with Crippen LogP contribution in [-0.2, 0) is 9.53 Å². The smallest absolute Gasteiger partial charge is 0.331 e. The van der Waals surface area contributed by atoms with Gasteiger partial charge in [-0.3, -0.25) is 0 Å². The van der Waals surface area contributed by atoms with Crippen LogP contribution in [0.25, 0.3) is 26.6 Å². The summed E-state index contributed by atoms with van der Waals surface area (Å²) in [5, 5.41) is 1.01. The Morgan fingerprint density at radius 3 is 2.09 bits per heavy atom. The molecule has 1 heterocycles. The summed E-state index contributed by atoms with van der Waals surface area (Å²) < 4.78 is 23.5. The summed E-state index contributed by atoms with van der Waals surface area (Å²) in [6.07, 6.45) is 3.16. The summed E-state index contributed by atoms with van der Waals surface area (Å²) in [5.74, 6) is 2.71. The topological polar surface area (TPSA) is 54.0 Å². The van der Waals surface area contributed by atoms with Gasteiger partial charge in [0.2, 0.25) is 0 Å². The first-order valence-corrected chi connectivity index (χ1v) is 12.0. The average Bonchev–Trinajstić information content (AvgIpc) is 3.20. The molecule has 0 aliphatic rings. The molecule has 35 heavy (non-hydrogen) atoms. The van der Waals surface area contributed by atoms with Gasteiger partial charge in [0.1, 0.15) is 22.8 Å². The van der Waals surface area contributed by atoms with Crippen LogP contribution < -0.4 is 14.2 Å². The van der Waals surface area contributed by atoms with Crippen LogP contribution in [0.4, 0.5) is 0 Å². The second kappa shape index (κ2) is 10.2. The monoisotopic (exact) mass is 488 g/mol. The molecule has 0 fully saturated rings. The third kappa shape index (κ3) is 6.03. The minimum Gasteiger partial charge on any atom is -0.497 e. The Morgan fingerprint density at radius 1 is 0.829 bits per heavy atom. The van der Waals surface area contributed by atoms with E-state index in [1.807, 2.05) is 87.5 Å². The molecule has 4 rings (SSSR count). The number of thiophene rings is 1. The van der Waals surface area contributed by atoms with Crippen LogP contribution in [0.3, 0.4) is 0 Å². The van der Waals surface area contributed by atoms with Crippen LogP contribution >= 0.6 is 11.3 Å². The van der Waals surface area contributed by atoms with Crippen molar-refractivity contribution in [2.45, 2.75) is 26.4 Å². The van der Waals surface area contributed by atoms with Crippen molar-refractivity contribution in [2.75, 3.05) is 14.2 Å². The molecule has 3 aromatic carbocycles. The van der Waals surface area contributed by atoms with E-state index in [-0.39, 0.29) is 5.97 Å². The first-order chi connectivity index (χ1) is 16.8. The fourth-order valence-corrected chi connectivity index (χ4v) is 4.64. The maximum absolute atomic E-state index is 11.9. The molecule has 0 aliphatic carbocycles. The lowest BCUT2D eigenvalue weighted by Gasteiger charge is -2.17. The van der Waals surface area contributed by atoms with Gasteiger partial charge in [-0.2, -0.15) is 0 Å². The highest BCUT2D eigenvalue weighted by Crippen LogP contribution is 2.47. The minimum absolute atomic E-state index is 0.373. The van der Waals surface area contributed by atoms with E-state index in [0.717, 1.165) is 43.3 Å². The lowest BCUT2D eigenvalue weighted by molar-refractivity contribution is -0.148. The molecule has 5 nitrogen and oxygen atoms in total. The Labute approximate surface area is 209 Å². The standard InChI is InChI=1S/C29H28O5S/c1-29(2,3)34-26(30)17-8-19-6-11-22(12-7-19)33-27-24-16-15-23(32-5)18-25(24)35-28(27)20-9-13-21(31-4)14-10-20/h6-18H,1-5H3/b17-8+. The molecule has 180 valence electrons. The molecule has 0 aliphatic heterocycles. The van der Waals surface area contributed by atoms with E-state index in [4.69, 9.17) is 18.9 Å². The zero-order chi connectivity index (χ0) is 25.0. The van der Waals surface area contributed by atoms with E-state index in [2.05, 4.69) is 0 Å². The number of hydrogen-bond donors (Lipinski definition) is 0. The quantitative estimate of drug-likeness (QED) is 0.197. The first-order valence-electron chi connectivity index (χ1n) is 11.2. The number of ether oxygens (including phenoxy) is 4. The molecule has 4 aromatic rings. The number of benzene rings is 3. The van der Waals surface area contributed by atoms with Crippen molar-refractivity contribution < 1.29 is 23.7 Å². The van der Waals surface area contributed by atoms with Gasteiger partial charge < -0.3 is 18.9 Å². The SMILES string of the molecule is COc1ccc(-c2sc3cc(OC)ccc3c2Oc2ccc(/C=C/C(=O)OC(C)(C)C)cc2)cc1. The molecule has 0 saturated heterocycles. The van der Waals surface area contributed by atoms with Crippen LogP contribution in [0.5, 0.6) is 23.0 Å². The lowest BCUT2D eigenvalue weighted by Crippen LogP contribution is -2.22. The van der Waals surface area contributed by atoms with Crippen LogP contribution in [0.2, 0.25) is 0 Å². The molecule has 0 unspecified atom stereocenters. The highest BCUT2D eigenvalue weighted by atomic mass is 32.1. The maximum atomic E-state index is 11.9. The molecular formula is C29H28O5S. The number of carbonyl (C=O) groups is 1. The van der Waals surface area contributed by atoms with Gasteiger partial charge in [-0.15, -0.1) is 11.3 Å². The number of methoxy groups -OCH3 is 2. The van der Waals surface area contributed by atoms with E-state index < -0.39 is 5.60 Å². The molecule has 6 heteroatoms. The third-order valence-corrected chi connectivity index (χ3v) is 6.31. The van der Waals surface area contributed by atoms with Gasteiger partial charge >= 0.3 is 5.97 Å². The summed E-state index contributed by atoms with van der Waals surface area (Å²) in [7, 11) is 3.32. The fourth-order valence-electron chi connectivity index (χ4n) is 3.48. The van der Waals surface area contributed by atoms with Gasteiger partial charge in [0.15, 0.2) is 5.75 Å². The second-order valence-corrected chi connectivity index (χ2v) is 9.94. The summed E-state index contributed by atoms with van der Waals surface area (Å²) >= 11 is 1.65. The molecule has 0 atom stereocenters. The molecule has 1 aromatic heterocycles. The predicted octanol–water partition coefficient (Wildman–Crippen LogP) is 7.73. The fraction of sp³-hybridized carbons (Fsp3) is 0.207. The van der Waals surface area contributed by atoms with Crippen molar-refractivity contribution in [1.82, 2.24) is 0 Å². The van der Waals surface area contributed by atoms with Gasteiger partial charge in [0, 0.05) is 16.2 Å². The molecular weight excluding hydrogens is 460 g/mol. The number of hydrogen-bond acceptors (Lipinski definition) is 6. The largest absolute Gasteiger partial charge is 0.497 e. The molecule has 0 radical (unpaired) electrons. The summed E-state index contributed by atoms with van der Waals surface area (Å²) in [6.45, 7) is 5.53. The van der Waals surface area contributed by atoms with E-state index in [1.165, 1.54) is 6.08 Å². The van der Waals surface area contributed by atoms with Crippen LogP contribution in [0, 0.1) is 0 Å². The van der Waals surface area contributed by atoms with E-state index in [9.17, 15) is 4.79 Å². The Balaban J connectivity index is 1.63. The summed E-state index contributed by atoms with van der Waals surface area (Å²) in [4.78, 5) is 13.0. The third-order valence-electron chi connectivity index (χ3n) is 5.12. The Hall–Kier alpha value is -3.77. The number of fused-ring (bicyclic) bond motifs is 1. The zero-order valence-corrected chi connectivity index (χ0v) is 21.3. The van der Waals surface area contributed by atoms with Gasteiger partial charge in [-0.05, 0) is 92.6 Å². The Morgan fingerprint density at radius 2 is 1.46 bits per heavy atom. The number of esters is 1. The van der Waals surface area contributed by atoms with Gasteiger partial charge in [-0.25, -0.2) is 4.79 Å². The highest BCUT2D eigenvalue weighted by Gasteiger charge is 2.17. The highest BCUT2D eigenvalue weighted by molar-refractivity contribution is 7.22. The minimum atomic E-state index is -0.520. The number of carbonyl (C=O) groups excluding carboxylic acids is 1. The second-order valence-electron chi connectivity index (χ2n) is 8.89. The number of rotatable bonds is 7. The zero-order valence-electron chi connectivity index (χ0n) is 20.5. The summed E-state index contributed by atoms with van der Waals surface area (Å²) in [6, 6.07) is 21.5. The molecule has 0 spiro atoms. The predicted molar refractivity (Wildman–Crippen MR) is 142 cm³/mol. The molecule has 0 saturated carbocycles. The van der Waals surface area contributed by atoms with Gasteiger partial charge in [0.25, 0.3) is 0 Å². The van der Waals surface area contributed by atoms with Crippen molar-refractivity contribution in [3.8, 4) is 33.4 Å². The van der Waals surface area contributed by atoms with Crippen molar-refractivity contribution in [3.63, 3.8) is 0 Å². The van der Waals surface area contributed by atoms with Crippen molar-refractivity contribution in [1.29, 1.82) is 0 Å². The van der Waals surface area contributed by atoms with E-state index in [1.54, 1.807) is 31.6 Å². The van der Waals surface area contributed by atoms with Gasteiger partial charge in [0.05, 0.1) is 19.1 Å². The Kier molecular flexibility index (Phi) is 7.12. The maximum Gasteiger partial charge on any atom is 0.331 e. The van der Waals surface area contributed by atoms with Crippen LogP contribution in [0.1, 0.15) is 26.3 Å². The first kappa shape index (κ1) is 24.4. The molecule has 0 N–H and O–H groups in total. The normalized spacial score (nSPS) is 11.6. The van der Waals surface area contributed by atoms with Crippen LogP contribution in [0.15, 0.2) is 72.8 Å². The van der Waals surface area contributed by atoms with Crippen molar-refractivity contribution >= 4 is 33.5 Å². The Bertz CT molecular complexity index is 1340. The average molecular weight is 489 g/mol. The van der Waals surface area contributed by atoms with E-state index in [0.29, 0.717) is 5.75 Å².